The molecule has 0 amide bonds. The van der Waals surface area contributed by atoms with E-state index in [0.29, 0.717) is 19.6 Å². The predicted molar refractivity (Wildman–Crippen MR) is 50.2 cm³/mol. The van der Waals surface area contributed by atoms with E-state index in [1.807, 2.05) is 18.3 Å². The zero-order chi connectivity index (χ0) is 10.0. The summed E-state index contributed by atoms with van der Waals surface area (Å²) >= 11 is 0. The standard InChI is InChI=1S/C10H13NO3/c12-9(13)3-4-10(6-14-7-10)8-2-1-5-11-8/h1-2,5,11H,3-4,6-7H2,(H,12,13). The molecule has 0 bridgehead atoms. The summed E-state index contributed by atoms with van der Waals surface area (Å²) in [5.74, 6) is -0.747. The second kappa shape index (κ2) is 3.46. The van der Waals surface area contributed by atoms with E-state index < -0.39 is 5.97 Å². The molecule has 2 heterocycles. The largest absolute Gasteiger partial charge is 0.481 e. The fraction of sp³-hybridized carbons (Fsp3) is 0.500. The van der Waals surface area contributed by atoms with Gasteiger partial charge in [0.05, 0.1) is 18.6 Å². The Bertz CT molecular complexity index is 314. The Morgan fingerprint density at radius 3 is 2.86 bits per heavy atom. The first kappa shape index (κ1) is 9.27. The third-order valence-electron chi connectivity index (χ3n) is 2.74. The van der Waals surface area contributed by atoms with E-state index in [0.717, 1.165) is 5.69 Å². The van der Waals surface area contributed by atoms with Gasteiger partial charge < -0.3 is 14.8 Å². The van der Waals surface area contributed by atoms with Gasteiger partial charge in [-0.1, -0.05) is 0 Å². The molecule has 0 saturated carbocycles. The fourth-order valence-electron chi connectivity index (χ4n) is 1.79. The molecule has 1 saturated heterocycles. The molecule has 1 aliphatic heterocycles. The Morgan fingerprint density at radius 2 is 2.43 bits per heavy atom. The minimum Gasteiger partial charge on any atom is -0.481 e. The van der Waals surface area contributed by atoms with Crippen molar-refractivity contribution in [2.45, 2.75) is 18.3 Å². The van der Waals surface area contributed by atoms with Crippen molar-refractivity contribution in [3.8, 4) is 0 Å². The number of H-pyrrole nitrogens is 1. The van der Waals surface area contributed by atoms with Gasteiger partial charge >= 0.3 is 5.97 Å². The predicted octanol–water partition coefficient (Wildman–Crippen LogP) is 1.15. The van der Waals surface area contributed by atoms with Gasteiger partial charge in [-0.25, -0.2) is 0 Å². The number of aromatic nitrogens is 1. The maximum absolute atomic E-state index is 10.5. The highest BCUT2D eigenvalue weighted by Gasteiger charge is 2.41. The summed E-state index contributed by atoms with van der Waals surface area (Å²) in [7, 11) is 0. The monoisotopic (exact) mass is 195 g/mol. The van der Waals surface area contributed by atoms with Crippen LogP contribution in [-0.4, -0.2) is 29.3 Å². The highest BCUT2D eigenvalue weighted by atomic mass is 16.5. The van der Waals surface area contributed by atoms with Crippen LogP contribution in [0.5, 0.6) is 0 Å². The summed E-state index contributed by atoms with van der Waals surface area (Å²) in [5, 5.41) is 8.64. The zero-order valence-electron chi connectivity index (χ0n) is 7.82. The summed E-state index contributed by atoms with van der Waals surface area (Å²) in [6, 6.07) is 3.92. The molecule has 0 radical (unpaired) electrons. The summed E-state index contributed by atoms with van der Waals surface area (Å²) in [4.78, 5) is 13.6. The van der Waals surface area contributed by atoms with Gasteiger partial charge in [-0.05, 0) is 18.6 Å². The van der Waals surface area contributed by atoms with Gasteiger partial charge in [-0.2, -0.15) is 0 Å². The first-order chi connectivity index (χ1) is 6.73. The molecule has 1 aromatic rings. The highest BCUT2D eigenvalue weighted by Crippen LogP contribution is 2.35. The van der Waals surface area contributed by atoms with E-state index in [4.69, 9.17) is 9.84 Å². The smallest absolute Gasteiger partial charge is 0.303 e. The first-order valence-corrected chi connectivity index (χ1v) is 4.66. The number of carboxylic acid groups (broad SMARTS) is 1. The number of hydrogen-bond acceptors (Lipinski definition) is 2. The van der Waals surface area contributed by atoms with Crippen LogP contribution in [0.25, 0.3) is 0 Å². The van der Waals surface area contributed by atoms with Crippen molar-refractivity contribution >= 4 is 5.97 Å². The van der Waals surface area contributed by atoms with Crippen LogP contribution in [-0.2, 0) is 14.9 Å². The second-order valence-electron chi connectivity index (χ2n) is 3.75. The first-order valence-electron chi connectivity index (χ1n) is 4.66. The van der Waals surface area contributed by atoms with E-state index in [1.165, 1.54) is 0 Å². The Morgan fingerprint density at radius 1 is 1.64 bits per heavy atom. The van der Waals surface area contributed by atoms with Gasteiger partial charge in [-0.3, -0.25) is 4.79 Å². The molecule has 76 valence electrons. The molecule has 2 rings (SSSR count). The normalized spacial score (nSPS) is 18.9. The third kappa shape index (κ3) is 1.53. The Balaban J connectivity index is 2.07. The molecule has 1 aliphatic rings. The lowest BCUT2D eigenvalue weighted by molar-refractivity contribution is -0.139. The number of ether oxygens (including phenoxy) is 1. The Kier molecular flexibility index (Phi) is 2.29. The summed E-state index contributed by atoms with van der Waals surface area (Å²) in [6.07, 6.45) is 2.70. The zero-order valence-corrected chi connectivity index (χ0v) is 7.82. The van der Waals surface area contributed by atoms with Crippen molar-refractivity contribution in [2.24, 2.45) is 0 Å². The number of aromatic amines is 1. The van der Waals surface area contributed by atoms with Gasteiger partial charge in [0.1, 0.15) is 0 Å². The summed E-state index contributed by atoms with van der Waals surface area (Å²) < 4.78 is 5.18. The molecule has 4 heteroatoms. The van der Waals surface area contributed by atoms with Gasteiger partial charge in [0.25, 0.3) is 0 Å². The van der Waals surface area contributed by atoms with Crippen LogP contribution in [0.4, 0.5) is 0 Å². The van der Waals surface area contributed by atoms with E-state index in [9.17, 15) is 4.79 Å². The molecule has 0 aromatic carbocycles. The quantitative estimate of drug-likeness (QED) is 0.757. The molecule has 1 fully saturated rings. The maximum atomic E-state index is 10.5. The summed E-state index contributed by atoms with van der Waals surface area (Å²) in [6.45, 7) is 1.25. The maximum Gasteiger partial charge on any atom is 0.303 e. The molecule has 2 N–H and O–H groups in total. The van der Waals surface area contributed by atoms with E-state index in [-0.39, 0.29) is 11.8 Å². The van der Waals surface area contributed by atoms with Gasteiger partial charge in [0, 0.05) is 18.3 Å². The van der Waals surface area contributed by atoms with Gasteiger partial charge in [0.15, 0.2) is 0 Å². The molecule has 14 heavy (non-hydrogen) atoms. The average molecular weight is 195 g/mol. The molecule has 0 atom stereocenters. The van der Waals surface area contributed by atoms with Gasteiger partial charge in [-0.15, -0.1) is 0 Å². The van der Waals surface area contributed by atoms with Crippen LogP contribution in [0.15, 0.2) is 18.3 Å². The van der Waals surface area contributed by atoms with E-state index in [2.05, 4.69) is 4.98 Å². The van der Waals surface area contributed by atoms with Crippen LogP contribution >= 0.6 is 0 Å². The number of nitrogens with one attached hydrogen (secondary N) is 1. The lowest BCUT2D eigenvalue weighted by Gasteiger charge is -2.40. The van der Waals surface area contributed by atoms with Crippen LogP contribution in [0.2, 0.25) is 0 Å². The van der Waals surface area contributed by atoms with Crippen LogP contribution in [0.1, 0.15) is 18.5 Å². The molecular formula is C10H13NO3. The third-order valence-corrected chi connectivity index (χ3v) is 2.74. The van der Waals surface area contributed by atoms with Crippen LogP contribution < -0.4 is 0 Å². The Hall–Kier alpha value is -1.29. The molecule has 1 aromatic heterocycles. The van der Waals surface area contributed by atoms with Gasteiger partial charge in [0.2, 0.25) is 0 Å². The molecule has 4 nitrogen and oxygen atoms in total. The minimum atomic E-state index is -0.747. The SMILES string of the molecule is O=C(O)CCC1(c2ccc[nH]2)COC1. The van der Waals surface area contributed by atoms with E-state index >= 15 is 0 Å². The lowest BCUT2D eigenvalue weighted by Crippen LogP contribution is -2.47. The fourth-order valence-corrected chi connectivity index (χ4v) is 1.79. The minimum absolute atomic E-state index is 0.0815. The number of carboxylic acids is 1. The molecule has 0 aliphatic carbocycles. The molecule has 0 unspecified atom stereocenters. The molecule has 0 spiro atoms. The van der Waals surface area contributed by atoms with Crippen molar-refractivity contribution in [1.82, 2.24) is 4.98 Å². The summed E-state index contributed by atoms with van der Waals surface area (Å²) in [5.41, 5.74) is 1.01. The number of hydrogen-bond donors (Lipinski definition) is 2. The number of carbonyl (C=O) groups is 1. The van der Waals surface area contributed by atoms with Crippen LogP contribution in [0.3, 0.4) is 0 Å². The van der Waals surface area contributed by atoms with Crippen LogP contribution in [0, 0.1) is 0 Å². The van der Waals surface area contributed by atoms with Crippen molar-refractivity contribution in [1.29, 1.82) is 0 Å². The second-order valence-corrected chi connectivity index (χ2v) is 3.75. The molecular weight excluding hydrogens is 182 g/mol. The van der Waals surface area contributed by atoms with Crippen molar-refractivity contribution in [2.75, 3.05) is 13.2 Å². The average Bonchev–Trinajstić information content (AvgIpc) is 2.55. The van der Waals surface area contributed by atoms with Crippen molar-refractivity contribution in [3.63, 3.8) is 0 Å². The lowest BCUT2D eigenvalue weighted by atomic mass is 9.78. The highest BCUT2D eigenvalue weighted by molar-refractivity contribution is 5.66. The Labute approximate surface area is 81.9 Å². The van der Waals surface area contributed by atoms with E-state index in [1.54, 1.807) is 0 Å². The number of aliphatic carboxylic acids is 1. The van der Waals surface area contributed by atoms with Crippen molar-refractivity contribution < 1.29 is 14.6 Å². The topological polar surface area (TPSA) is 62.3 Å². The number of rotatable bonds is 4. The van der Waals surface area contributed by atoms with Crippen molar-refractivity contribution in [3.05, 3.63) is 24.0 Å².